The number of aliphatic hydroxyl groups is 2. The summed E-state index contributed by atoms with van der Waals surface area (Å²) in [5.41, 5.74) is -0.531. The van der Waals surface area contributed by atoms with Gasteiger partial charge >= 0.3 is 5.92 Å². The van der Waals surface area contributed by atoms with Crippen LogP contribution in [0.3, 0.4) is 0 Å². The predicted molar refractivity (Wildman–Crippen MR) is 57.8 cm³/mol. The third-order valence-corrected chi connectivity index (χ3v) is 2.98. The van der Waals surface area contributed by atoms with Crippen molar-refractivity contribution in [2.45, 2.75) is 24.4 Å². The van der Waals surface area contributed by atoms with Gasteiger partial charge in [0.2, 0.25) is 6.23 Å². The van der Waals surface area contributed by atoms with Crippen molar-refractivity contribution in [2.24, 2.45) is 0 Å². The van der Waals surface area contributed by atoms with E-state index in [0.29, 0.717) is 0 Å². The van der Waals surface area contributed by atoms with Gasteiger partial charge in [-0.05, 0) is 12.2 Å². The van der Waals surface area contributed by atoms with Crippen LogP contribution in [0.25, 0.3) is 0 Å². The lowest BCUT2D eigenvalue weighted by Crippen LogP contribution is -2.39. The molecule has 0 unspecified atom stereocenters. The van der Waals surface area contributed by atoms with Gasteiger partial charge in [-0.2, -0.15) is 8.78 Å². The van der Waals surface area contributed by atoms with E-state index in [-0.39, 0.29) is 4.77 Å². The standard InChI is InChI=1S/C9H10F2N2O4S/c10-9(11)6(16)4(3-14)17-7(9)13-2-1-5(15)12-8(13)18/h1-2,4,6-7,14,16H,3H2,(H,12,15,18)/t4-,6+,7-/m1/s1. The van der Waals surface area contributed by atoms with Crippen molar-refractivity contribution in [3.05, 3.63) is 27.4 Å². The summed E-state index contributed by atoms with van der Waals surface area (Å²) in [7, 11) is 0. The van der Waals surface area contributed by atoms with E-state index in [1.165, 1.54) is 0 Å². The highest BCUT2D eigenvalue weighted by Crippen LogP contribution is 2.42. The lowest BCUT2D eigenvalue weighted by molar-refractivity contribution is -0.140. The lowest BCUT2D eigenvalue weighted by atomic mass is 10.1. The molecule has 1 aromatic heterocycles. The minimum absolute atomic E-state index is 0.252. The number of aliphatic hydroxyl groups excluding tert-OH is 2. The van der Waals surface area contributed by atoms with E-state index in [0.717, 1.165) is 16.8 Å². The zero-order chi connectivity index (χ0) is 13.5. The fourth-order valence-electron chi connectivity index (χ4n) is 1.73. The van der Waals surface area contributed by atoms with Gasteiger partial charge in [0.05, 0.1) is 6.61 Å². The normalized spacial score (nSPS) is 30.6. The van der Waals surface area contributed by atoms with Crippen LogP contribution in [0.4, 0.5) is 8.78 Å². The third-order valence-electron chi connectivity index (χ3n) is 2.66. The highest BCUT2D eigenvalue weighted by atomic mass is 32.1. The van der Waals surface area contributed by atoms with Crippen LogP contribution in [0.15, 0.2) is 17.1 Å². The Labute approximate surface area is 104 Å². The maximum absolute atomic E-state index is 13.8. The zero-order valence-electron chi connectivity index (χ0n) is 8.92. The smallest absolute Gasteiger partial charge is 0.320 e. The van der Waals surface area contributed by atoms with Gasteiger partial charge in [0.15, 0.2) is 10.9 Å². The Morgan fingerprint density at radius 2 is 2.28 bits per heavy atom. The number of aromatic amines is 1. The Bertz CT molecular complexity index is 558. The second-order valence-electron chi connectivity index (χ2n) is 3.85. The average Bonchev–Trinajstić information content (AvgIpc) is 2.52. The van der Waals surface area contributed by atoms with E-state index in [4.69, 9.17) is 22.1 Å². The molecule has 0 amide bonds. The maximum Gasteiger partial charge on any atom is 0.320 e. The van der Waals surface area contributed by atoms with Crippen molar-refractivity contribution in [1.82, 2.24) is 9.55 Å². The van der Waals surface area contributed by atoms with E-state index in [1.807, 2.05) is 0 Å². The summed E-state index contributed by atoms with van der Waals surface area (Å²) >= 11 is 4.74. The summed E-state index contributed by atoms with van der Waals surface area (Å²) in [6.45, 7) is -0.746. The van der Waals surface area contributed by atoms with Gasteiger partial charge in [0, 0.05) is 12.3 Å². The van der Waals surface area contributed by atoms with Gasteiger partial charge in [-0.3, -0.25) is 14.3 Å². The second kappa shape index (κ2) is 4.50. The first kappa shape index (κ1) is 13.3. The van der Waals surface area contributed by atoms with Gasteiger partial charge in [-0.1, -0.05) is 0 Å². The molecule has 1 fully saturated rings. The number of H-pyrrole nitrogens is 1. The molecule has 1 aromatic rings. The van der Waals surface area contributed by atoms with Crippen LogP contribution in [0.1, 0.15) is 6.23 Å². The van der Waals surface area contributed by atoms with E-state index in [2.05, 4.69) is 4.98 Å². The third kappa shape index (κ3) is 1.99. The molecule has 1 saturated heterocycles. The van der Waals surface area contributed by atoms with Crippen molar-refractivity contribution in [1.29, 1.82) is 0 Å². The Hall–Kier alpha value is -1.16. The molecule has 3 atom stereocenters. The highest BCUT2D eigenvalue weighted by Gasteiger charge is 2.59. The fraction of sp³-hybridized carbons (Fsp3) is 0.556. The topological polar surface area (TPSA) is 87.5 Å². The summed E-state index contributed by atoms with van der Waals surface area (Å²) in [6.07, 6.45) is -4.36. The number of alkyl halides is 2. The molecular weight excluding hydrogens is 270 g/mol. The largest absolute Gasteiger partial charge is 0.394 e. The summed E-state index contributed by atoms with van der Waals surface area (Å²) in [4.78, 5) is 13.1. The molecule has 6 nitrogen and oxygen atoms in total. The zero-order valence-corrected chi connectivity index (χ0v) is 9.73. The first-order valence-corrected chi connectivity index (χ1v) is 5.42. The number of hydrogen-bond donors (Lipinski definition) is 3. The molecule has 0 aromatic carbocycles. The Morgan fingerprint density at radius 3 is 2.78 bits per heavy atom. The van der Waals surface area contributed by atoms with Crippen LogP contribution in [0.5, 0.6) is 0 Å². The molecule has 0 spiro atoms. The minimum Gasteiger partial charge on any atom is -0.394 e. The van der Waals surface area contributed by atoms with Crippen LogP contribution >= 0.6 is 12.2 Å². The first-order valence-electron chi connectivity index (χ1n) is 5.01. The van der Waals surface area contributed by atoms with Crippen LogP contribution in [0.2, 0.25) is 0 Å². The summed E-state index contributed by atoms with van der Waals surface area (Å²) in [5, 5.41) is 18.2. The average molecular weight is 280 g/mol. The molecule has 9 heteroatoms. The summed E-state index contributed by atoms with van der Waals surface area (Å²) < 4.78 is 33.0. The number of aromatic nitrogens is 2. The summed E-state index contributed by atoms with van der Waals surface area (Å²) in [5.74, 6) is -3.62. The molecule has 2 rings (SSSR count). The molecule has 0 radical (unpaired) electrons. The van der Waals surface area contributed by atoms with Crippen molar-refractivity contribution in [3.63, 3.8) is 0 Å². The van der Waals surface area contributed by atoms with Gasteiger partial charge in [0.25, 0.3) is 5.56 Å². The SMILES string of the molecule is O=c1ccn([C@@H]2O[C@H](CO)[C@H](O)C2(F)F)c(=S)[nH]1. The van der Waals surface area contributed by atoms with Gasteiger partial charge in [0.1, 0.15) is 6.10 Å². The number of nitrogens with one attached hydrogen (secondary N) is 1. The Kier molecular flexibility index (Phi) is 3.32. The number of nitrogens with zero attached hydrogens (tertiary/aromatic N) is 1. The predicted octanol–water partition coefficient (Wildman–Crippen LogP) is -0.208. The minimum atomic E-state index is -3.62. The van der Waals surface area contributed by atoms with Crippen LogP contribution in [-0.4, -0.2) is 44.5 Å². The van der Waals surface area contributed by atoms with Crippen molar-refractivity contribution >= 4 is 12.2 Å². The van der Waals surface area contributed by atoms with E-state index >= 15 is 0 Å². The second-order valence-corrected chi connectivity index (χ2v) is 4.23. The molecule has 0 bridgehead atoms. The maximum atomic E-state index is 13.8. The first-order chi connectivity index (χ1) is 8.37. The fourth-order valence-corrected chi connectivity index (χ4v) is 1.99. The van der Waals surface area contributed by atoms with Crippen LogP contribution < -0.4 is 5.56 Å². The Morgan fingerprint density at radius 1 is 1.61 bits per heavy atom. The highest BCUT2D eigenvalue weighted by molar-refractivity contribution is 7.71. The molecule has 1 aliphatic heterocycles. The molecule has 1 aliphatic rings. The van der Waals surface area contributed by atoms with Crippen molar-refractivity contribution < 1.29 is 23.7 Å². The van der Waals surface area contributed by atoms with Crippen LogP contribution in [0, 0.1) is 4.77 Å². The molecule has 0 saturated carbocycles. The van der Waals surface area contributed by atoms with Crippen LogP contribution in [-0.2, 0) is 4.74 Å². The van der Waals surface area contributed by atoms with Gasteiger partial charge in [-0.25, -0.2) is 0 Å². The number of ether oxygens (including phenoxy) is 1. The quantitative estimate of drug-likeness (QED) is 0.653. The summed E-state index contributed by atoms with van der Waals surface area (Å²) in [6, 6.07) is 1.01. The van der Waals surface area contributed by atoms with Gasteiger partial charge in [-0.15, -0.1) is 0 Å². The van der Waals surface area contributed by atoms with E-state index in [1.54, 1.807) is 0 Å². The van der Waals surface area contributed by atoms with E-state index < -0.39 is 36.5 Å². The van der Waals surface area contributed by atoms with Gasteiger partial charge < -0.3 is 14.9 Å². The molecular formula is C9H10F2N2O4S. The van der Waals surface area contributed by atoms with Crippen molar-refractivity contribution in [2.75, 3.05) is 6.61 Å². The number of rotatable bonds is 2. The molecule has 100 valence electrons. The number of halogens is 2. The van der Waals surface area contributed by atoms with E-state index in [9.17, 15) is 18.7 Å². The lowest BCUT2D eigenvalue weighted by Gasteiger charge is -2.21. The monoisotopic (exact) mass is 280 g/mol. The molecule has 3 N–H and O–H groups in total. The Balaban J connectivity index is 2.45. The molecule has 18 heavy (non-hydrogen) atoms. The number of hydrogen-bond acceptors (Lipinski definition) is 5. The van der Waals surface area contributed by atoms with Crippen molar-refractivity contribution in [3.8, 4) is 0 Å². The molecule has 2 heterocycles. The molecule has 0 aliphatic carbocycles.